The Morgan fingerprint density at radius 2 is 1.87 bits per heavy atom. The number of carboxylic acids is 1. The number of nitrogens with one attached hydrogen (secondary N) is 1. The molecule has 0 aromatic carbocycles. The predicted molar refractivity (Wildman–Crippen MR) is 46.7 cm³/mol. The third-order valence-corrected chi connectivity index (χ3v) is 2.33. The molecule has 0 radical (unpaired) electrons. The summed E-state index contributed by atoms with van der Waals surface area (Å²) in [5.74, 6) is -2.71. The van der Waals surface area contributed by atoms with Gasteiger partial charge in [0.2, 0.25) is 11.6 Å². The van der Waals surface area contributed by atoms with E-state index in [-0.39, 0.29) is 11.3 Å². The van der Waals surface area contributed by atoms with Crippen molar-refractivity contribution in [2.75, 3.05) is 0 Å². The summed E-state index contributed by atoms with van der Waals surface area (Å²) in [5.41, 5.74) is 0.367. The highest BCUT2D eigenvalue weighted by Crippen LogP contribution is 2.26. The van der Waals surface area contributed by atoms with Crippen molar-refractivity contribution in [1.82, 2.24) is 5.32 Å². The van der Waals surface area contributed by atoms with Crippen LogP contribution in [0.1, 0.15) is 0 Å². The number of hydrogen-bond acceptors (Lipinski definition) is 5. The van der Waals surface area contributed by atoms with E-state index >= 15 is 0 Å². The van der Waals surface area contributed by atoms with Gasteiger partial charge < -0.3 is 15.5 Å². The summed E-state index contributed by atoms with van der Waals surface area (Å²) in [5, 5.41) is 20.7. The third-order valence-electron chi connectivity index (χ3n) is 2.33. The highest BCUT2D eigenvalue weighted by Gasteiger charge is 2.40. The maximum absolute atomic E-state index is 11.0. The Morgan fingerprint density at radius 1 is 1.27 bits per heavy atom. The van der Waals surface area contributed by atoms with Crippen LogP contribution in [0.5, 0.6) is 0 Å². The molecule has 0 amide bonds. The van der Waals surface area contributed by atoms with Crippen molar-refractivity contribution in [2.45, 2.75) is 12.1 Å². The van der Waals surface area contributed by atoms with Crippen LogP contribution < -0.4 is 5.32 Å². The minimum atomic E-state index is -1.30. The van der Waals surface area contributed by atoms with Gasteiger partial charge in [-0.15, -0.1) is 0 Å². The molecular weight excluding hydrogens is 202 g/mol. The van der Waals surface area contributed by atoms with Gasteiger partial charge in [0.15, 0.2) is 6.04 Å². The topological polar surface area (TPSA) is 104 Å². The SMILES string of the molecule is O=C1C=C2N[C@@H](C(=O)O)C(O)C2=CC1=O. The Bertz CT molecular complexity index is 434. The lowest BCUT2D eigenvalue weighted by atomic mass is 9.99. The lowest BCUT2D eigenvalue weighted by Gasteiger charge is -2.08. The Balaban J connectivity index is 2.41. The average molecular weight is 209 g/mol. The van der Waals surface area contributed by atoms with Gasteiger partial charge in [0.25, 0.3) is 0 Å². The van der Waals surface area contributed by atoms with Crippen LogP contribution in [-0.4, -0.2) is 39.9 Å². The van der Waals surface area contributed by atoms with Crippen molar-refractivity contribution in [3.8, 4) is 0 Å². The van der Waals surface area contributed by atoms with Crippen LogP contribution in [0.2, 0.25) is 0 Å². The minimum absolute atomic E-state index is 0.159. The van der Waals surface area contributed by atoms with Gasteiger partial charge >= 0.3 is 5.97 Å². The summed E-state index contributed by atoms with van der Waals surface area (Å²) in [7, 11) is 0. The summed E-state index contributed by atoms with van der Waals surface area (Å²) < 4.78 is 0. The van der Waals surface area contributed by atoms with Gasteiger partial charge in [0, 0.05) is 17.3 Å². The lowest BCUT2D eigenvalue weighted by molar-refractivity contribution is -0.140. The van der Waals surface area contributed by atoms with Crippen LogP contribution in [-0.2, 0) is 14.4 Å². The second kappa shape index (κ2) is 3.03. The molecule has 1 aliphatic carbocycles. The number of carbonyl (C=O) groups excluding carboxylic acids is 2. The zero-order chi connectivity index (χ0) is 11.2. The monoisotopic (exact) mass is 209 g/mol. The van der Waals surface area contributed by atoms with E-state index < -0.39 is 29.7 Å². The fourth-order valence-corrected chi connectivity index (χ4v) is 1.57. The number of hydrogen-bond donors (Lipinski definition) is 3. The van der Waals surface area contributed by atoms with Gasteiger partial charge in [-0.1, -0.05) is 0 Å². The van der Waals surface area contributed by atoms with Gasteiger partial charge in [-0.25, -0.2) is 4.79 Å². The fraction of sp³-hybridized carbons (Fsp3) is 0.222. The summed E-state index contributed by atoms with van der Waals surface area (Å²) in [4.78, 5) is 32.7. The highest BCUT2D eigenvalue weighted by molar-refractivity contribution is 6.46. The van der Waals surface area contributed by atoms with E-state index in [4.69, 9.17) is 5.11 Å². The second-order valence-corrected chi connectivity index (χ2v) is 3.29. The van der Waals surface area contributed by atoms with Crippen LogP contribution in [0.3, 0.4) is 0 Å². The molecule has 78 valence electrons. The Labute approximate surface area is 83.9 Å². The smallest absolute Gasteiger partial charge is 0.329 e. The number of allylic oxidation sites excluding steroid dienone is 2. The first-order chi connectivity index (χ1) is 7.00. The molecule has 0 aromatic heterocycles. The molecule has 1 aliphatic heterocycles. The third kappa shape index (κ3) is 1.35. The molecule has 2 aliphatic rings. The van der Waals surface area contributed by atoms with Gasteiger partial charge in [-0.05, 0) is 6.08 Å². The van der Waals surface area contributed by atoms with E-state index in [2.05, 4.69) is 5.32 Å². The standard InChI is InChI=1S/C9H7NO5/c11-5-1-3-4(2-6(5)12)10-7(8(3)13)9(14)15/h1-2,7-8,10,13H,(H,14,15)/t7-,8?/m1/s1. The van der Waals surface area contributed by atoms with Crippen LogP contribution in [0.15, 0.2) is 23.4 Å². The van der Waals surface area contributed by atoms with Crippen LogP contribution in [0.4, 0.5) is 0 Å². The second-order valence-electron chi connectivity index (χ2n) is 3.29. The number of carboxylic acid groups (broad SMARTS) is 1. The van der Waals surface area contributed by atoms with Crippen LogP contribution in [0.25, 0.3) is 0 Å². The summed E-state index contributed by atoms with van der Waals surface area (Å²) in [6.45, 7) is 0. The largest absolute Gasteiger partial charge is 0.480 e. The number of carbonyl (C=O) groups is 3. The molecule has 15 heavy (non-hydrogen) atoms. The molecule has 3 N–H and O–H groups in total. The summed E-state index contributed by atoms with van der Waals surface area (Å²) in [6, 6.07) is -1.21. The average Bonchev–Trinajstić information content (AvgIpc) is 2.46. The molecule has 6 nitrogen and oxygen atoms in total. The van der Waals surface area contributed by atoms with Gasteiger partial charge in [-0.3, -0.25) is 9.59 Å². The molecule has 1 fully saturated rings. The van der Waals surface area contributed by atoms with Crippen molar-refractivity contribution < 1.29 is 24.6 Å². The number of fused-ring (bicyclic) bond motifs is 1. The number of aliphatic carboxylic acids is 1. The van der Waals surface area contributed by atoms with Crippen molar-refractivity contribution in [1.29, 1.82) is 0 Å². The lowest BCUT2D eigenvalue weighted by Crippen LogP contribution is -2.37. The minimum Gasteiger partial charge on any atom is -0.480 e. The molecule has 0 bridgehead atoms. The quantitative estimate of drug-likeness (QED) is 0.353. The number of aliphatic hydroxyl groups is 1. The van der Waals surface area contributed by atoms with Gasteiger partial charge in [0.1, 0.15) is 6.10 Å². The zero-order valence-electron chi connectivity index (χ0n) is 7.43. The fourth-order valence-electron chi connectivity index (χ4n) is 1.57. The zero-order valence-corrected chi connectivity index (χ0v) is 7.43. The van der Waals surface area contributed by atoms with Crippen molar-refractivity contribution in [2.24, 2.45) is 0 Å². The first-order valence-electron chi connectivity index (χ1n) is 4.20. The number of aliphatic hydroxyl groups excluding tert-OH is 1. The van der Waals surface area contributed by atoms with Crippen molar-refractivity contribution in [3.05, 3.63) is 23.4 Å². The highest BCUT2D eigenvalue weighted by atomic mass is 16.4. The maximum Gasteiger partial charge on any atom is 0.329 e. The Hall–Kier alpha value is -1.95. The first-order valence-corrected chi connectivity index (χ1v) is 4.20. The molecule has 0 aromatic rings. The molecule has 1 heterocycles. The van der Waals surface area contributed by atoms with E-state index in [1.54, 1.807) is 0 Å². The van der Waals surface area contributed by atoms with E-state index in [9.17, 15) is 19.5 Å². The molecule has 0 saturated carbocycles. The molecular formula is C9H7NO5. The maximum atomic E-state index is 11.0. The van der Waals surface area contributed by atoms with Crippen molar-refractivity contribution >= 4 is 17.5 Å². The predicted octanol–water partition coefficient (Wildman–Crippen LogP) is -1.63. The summed E-state index contributed by atoms with van der Waals surface area (Å²) >= 11 is 0. The summed E-state index contributed by atoms with van der Waals surface area (Å²) in [6.07, 6.45) is 0.674. The molecule has 1 saturated heterocycles. The number of rotatable bonds is 1. The van der Waals surface area contributed by atoms with E-state index in [1.165, 1.54) is 0 Å². The normalized spacial score (nSPS) is 29.1. The van der Waals surface area contributed by atoms with Gasteiger partial charge in [0.05, 0.1) is 0 Å². The van der Waals surface area contributed by atoms with E-state index in [1.807, 2.05) is 0 Å². The molecule has 0 spiro atoms. The molecule has 2 atom stereocenters. The molecule has 1 unspecified atom stereocenters. The van der Waals surface area contributed by atoms with E-state index in [0.29, 0.717) is 0 Å². The molecule has 6 heteroatoms. The Kier molecular flexibility index (Phi) is 1.94. The van der Waals surface area contributed by atoms with Gasteiger partial charge in [-0.2, -0.15) is 0 Å². The van der Waals surface area contributed by atoms with Crippen LogP contribution in [0, 0.1) is 0 Å². The Morgan fingerprint density at radius 3 is 2.47 bits per heavy atom. The number of ketones is 2. The first kappa shape index (κ1) is 9.60. The van der Waals surface area contributed by atoms with Crippen molar-refractivity contribution in [3.63, 3.8) is 0 Å². The van der Waals surface area contributed by atoms with Crippen LogP contribution >= 0.6 is 0 Å². The van der Waals surface area contributed by atoms with E-state index in [0.717, 1.165) is 12.2 Å². The molecule has 2 rings (SSSR count).